The number of carbonyl (C=O) groups is 2. The number of benzene rings is 1. The second-order valence-electron chi connectivity index (χ2n) is 7.02. The minimum Gasteiger partial charge on any atom is -0.497 e. The zero-order valence-corrected chi connectivity index (χ0v) is 15.1. The predicted molar refractivity (Wildman–Crippen MR) is 97.1 cm³/mol. The molecule has 5 heteroatoms. The van der Waals surface area contributed by atoms with Crippen LogP contribution in [0.15, 0.2) is 41.2 Å². The summed E-state index contributed by atoms with van der Waals surface area (Å²) in [7, 11) is 3.23. The molecule has 2 atom stereocenters. The molecule has 136 valence electrons. The van der Waals surface area contributed by atoms with Crippen molar-refractivity contribution >= 4 is 11.6 Å². The molecule has 5 nitrogen and oxygen atoms in total. The number of hydrogen-bond acceptors (Lipinski definition) is 5. The molecule has 0 saturated heterocycles. The van der Waals surface area contributed by atoms with Crippen LogP contribution < -0.4 is 14.8 Å². The molecule has 0 aromatic heterocycles. The highest BCUT2D eigenvalue weighted by Gasteiger charge is 2.45. The van der Waals surface area contributed by atoms with Gasteiger partial charge in [-0.25, -0.2) is 0 Å². The van der Waals surface area contributed by atoms with Crippen LogP contribution >= 0.6 is 0 Å². The summed E-state index contributed by atoms with van der Waals surface area (Å²) in [6.07, 6.45) is 5.57. The number of carbonyl (C=O) groups excluding carboxylic acids is 2. The number of allylic oxidation sites excluding steroid dienone is 4. The molecular formula is C21H23NO4. The van der Waals surface area contributed by atoms with Crippen molar-refractivity contribution in [2.45, 2.75) is 38.0 Å². The van der Waals surface area contributed by atoms with Crippen molar-refractivity contribution in [3.8, 4) is 11.5 Å². The quantitative estimate of drug-likeness (QED) is 0.904. The smallest absolute Gasteiger partial charge is 0.161 e. The van der Waals surface area contributed by atoms with Crippen LogP contribution in [0.4, 0.5) is 0 Å². The third kappa shape index (κ3) is 2.62. The molecule has 2 unspecified atom stereocenters. The summed E-state index contributed by atoms with van der Waals surface area (Å²) in [5.41, 5.74) is 3.50. The maximum Gasteiger partial charge on any atom is 0.161 e. The molecule has 1 aliphatic heterocycles. The lowest BCUT2D eigenvalue weighted by Crippen LogP contribution is -2.42. The summed E-state index contributed by atoms with van der Waals surface area (Å²) >= 11 is 0. The van der Waals surface area contributed by atoms with Gasteiger partial charge in [0.15, 0.2) is 5.78 Å². The lowest BCUT2D eigenvalue weighted by atomic mass is 9.68. The van der Waals surface area contributed by atoms with Crippen molar-refractivity contribution in [2.24, 2.45) is 5.92 Å². The first-order valence-electron chi connectivity index (χ1n) is 9.12. The van der Waals surface area contributed by atoms with Crippen molar-refractivity contribution in [3.63, 3.8) is 0 Å². The lowest BCUT2D eigenvalue weighted by molar-refractivity contribution is -0.123. The first kappa shape index (κ1) is 16.9. The van der Waals surface area contributed by atoms with Gasteiger partial charge in [0.2, 0.25) is 0 Å². The monoisotopic (exact) mass is 353 g/mol. The van der Waals surface area contributed by atoms with Gasteiger partial charge < -0.3 is 14.8 Å². The molecule has 0 spiro atoms. The molecule has 0 radical (unpaired) electrons. The molecule has 0 saturated carbocycles. The Kier molecular flexibility index (Phi) is 4.31. The van der Waals surface area contributed by atoms with E-state index in [4.69, 9.17) is 9.47 Å². The van der Waals surface area contributed by atoms with E-state index < -0.39 is 0 Å². The lowest BCUT2D eigenvalue weighted by Gasteiger charge is -2.41. The fourth-order valence-corrected chi connectivity index (χ4v) is 4.43. The maximum absolute atomic E-state index is 12.9. The zero-order valence-electron chi connectivity index (χ0n) is 15.1. The Bertz CT molecular complexity index is 836. The average Bonchev–Trinajstić information content (AvgIpc) is 2.66. The highest BCUT2D eigenvalue weighted by atomic mass is 16.5. The van der Waals surface area contributed by atoms with E-state index in [0.29, 0.717) is 24.3 Å². The van der Waals surface area contributed by atoms with Gasteiger partial charge in [-0.15, -0.1) is 0 Å². The zero-order chi connectivity index (χ0) is 18.3. The molecule has 0 bridgehead atoms. The van der Waals surface area contributed by atoms with Crippen LogP contribution in [0.2, 0.25) is 0 Å². The fraction of sp³-hybridized carbons (Fsp3) is 0.429. The summed E-state index contributed by atoms with van der Waals surface area (Å²) in [5.74, 6) is 1.01. The van der Waals surface area contributed by atoms with Gasteiger partial charge in [0.1, 0.15) is 17.3 Å². The van der Waals surface area contributed by atoms with Crippen molar-refractivity contribution in [1.82, 2.24) is 5.32 Å². The topological polar surface area (TPSA) is 64.6 Å². The van der Waals surface area contributed by atoms with Gasteiger partial charge >= 0.3 is 0 Å². The Morgan fingerprint density at radius 2 is 1.88 bits per heavy atom. The Morgan fingerprint density at radius 3 is 2.65 bits per heavy atom. The molecule has 4 rings (SSSR count). The number of ether oxygens (including phenoxy) is 2. The molecule has 26 heavy (non-hydrogen) atoms. The van der Waals surface area contributed by atoms with Crippen LogP contribution in [-0.2, 0) is 9.59 Å². The third-order valence-electron chi connectivity index (χ3n) is 5.60. The molecule has 2 aliphatic carbocycles. The SMILES string of the molecule is COc1ccc(OC)c(C2C3=C(CCCC3=O)NC3=CCCC(=O)C32)c1. The summed E-state index contributed by atoms with van der Waals surface area (Å²) < 4.78 is 11.0. The Hall–Kier alpha value is -2.56. The van der Waals surface area contributed by atoms with Crippen LogP contribution in [0.25, 0.3) is 0 Å². The minimum absolute atomic E-state index is 0.131. The van der Waals surface area contributed by atoms with Crippen LogP contribution in [0, 0.1) is 5.92 Å². The summed E-state index contributed by atoms with van der Waals surface area (Å²) in [6.45, 7) is 0. The molecule has 0 fully saturated rings. The van der Waals surface area contributed by atoms with Gasteiger partial charge in [-0.3, -0.25) is 9.59 Å². The second-order valence-corrected chi connectivity index (χ2v) is 7.02. The molecule has 1 aromatic rings. The standard InChI is InChI=1S/C21H23NO4/c1-25-12-9-10-18(26-2)13(11-12)19-20-14(5-3-7-16(20)23)22-15-6-4-8-17(24)21(15)19/h5,9-11,19-20,22H,3-4,6-8H2,1-2H3. The molecule has 1 N–H and O–H groups in total. The largest absolute Gasteiger partial charge is 0.497 e. The maximum atomic E-state index is 12.9. The van der Waals surface area contributed by atoms with Crippen molar-refractivity contribution < 1.29 is 19.1 Å². The number of nitrogens with one attached hydrogen (secondary N) is 1. The van der Waals surface area contributed by atoms with E-state index in [1.165, 1.54) is 0 Å². The first-order chi connectivity index (χ1) is 12.6. The molecule has 0 amide bonds. The summed E-state index contributed by atoms with van der Waals surface area (Å²) in [4.78, 5) is 25.7. The van der Waals surface area contributed by atoms with Crippen LogP contribution in [0.5, 0.6) is 11.5 Å². The predicted octanol–water partition coefficient (Wildman–Crippen LogP) is 3.26. The molecule has 1 heterocycles. The number of methoxy groups -OCH3 is 2. The first-order valence-corrected chi connectivity index (χ1v) is 9.12. The number of ketones is 2. The van der Waals surface area contributed by atoms with E-state index in [2.05, 4.69) is 11.4 Å². The fourth-order valence-electron chi connectivity index (χ4n) is 4.43. The Morgan fingerprint density at radius 1 is 1.04 bits per heavy atom. The van der Waals surface area contributed by atoms with Crippen LogP contribution in [-0.4, -0.2) is 25.8 Å². The Balaban J connectivity index is 1.95. The minimum atomic E-state index is -0.356. The van der Waals surface area contributed by atoms with E-state index in [9.17, 15) is 9.59 Å². The average molecular weight is 353 g/mol. The molecule has 1 aromatic carbocycles. The van der Waals surface area contributed by atoms with Gasteiger partial charge in [0, 0.05) is 41.3 Å². The van der Waals surface area contributed by atoms with Gasteiger partial charge in [-0.2, -0.15) is 0 Å². The third-order valence-corrected chi connectivity index (χ3v) is 5.60. The normalized spacial score (nSPS) is 25.1. The highest BCUT2D eigenvalue weighted by molar-refractivity contribution is 6.01. The van der Waals surface area contributed by atoms with Gasteiger partial charge in [-0.1, -0.05) is 6.08 Å². The Labute approximate surface area is 153 Å². The number of Topliss-reactive ketones (excluding diaryl/α,β-unsaturated/α-hetero) is 2. The van der Waals surface area contributed by atoms with Gasteiger partial charge in [0.05, 0.1) is 20.1 Å². The van der Waals surface area contributed by atoms with E-state index in [1.54, 1.807) is 14.2 Å². The van der Waals surface area contributed by atoms with Crippen molar-refractivity contribution in [3.05, 3.63) is 46.8 Å². The summed E-state index contributed by atoms with van der Waals surface area (Å²) in [6, 6.07) is 5.59. The van der Waals surface area contributed by atoms with E-state index in [0.717, 1.165) is 41.8 Å². The highest BCUT2D eigenvalue weighted by Crippen LogP contribution is 2.49. The molecular weight excluding hydrogens is 330 g/mol. The van der Waals surface area contributed by atoms with E-state index in [1.807, 2.05) is 18.2 Å². The van der Waals surface area contributed by atoms with Crippen LogP contribution in [0.1, 0.15) is 43.6 Å². The van der Waals surface area contributed by atoms with E-state index >= 15 is 0 Å². The second kappa shape index (κ2) is 6.63. The molecule has 3 aliphatic rings. The van der Waals surface area contributed by atoms with Crippen molar-refractivity contribution in [2.75, 3.05) is 14.2 Å². The number of rotatable bonds is 3. The van der Waals surface area contributed by atoms with Gasteiger partial charge in [0.25, 0.3) is 0 Å². The van der Waals surface area contributed by atoms with Gasteiger partial charge in [-0.05, 0) is 37.5 Å². The summed E-state index contributed by atoms with van der Waals surface area (Å²) in [5, 5.41) is 3.41. The van der Waals surface area contributed by atoms with Crippen molar-refractivity contribution in [1.29, 1.82) is 0 Å². The number of fused-ring (bicyclic) bond motifs is 1. The van der Waals surface area contributed by atoms with Crippen LogP contribution in [0.3, 0.4) is 0 Å². The van der Waals surface area contributed by atoms with E-state index in [-0.39, 0.29) is 23.4 Å². The number of hydrogen-bond donors (Lipinski definition) is 1.